The molecule has 0 bridgehead atoms. The molecule has 1 heterocycles. The number of allylic oxidation sites excluding steroid dienone is 2. The number of anilines is 1. The van der Waals surface area contributed by atoms with Gasteiger partial charge in [0.05, 0.1) is 17.7 Å². The molecule has 0 spiro atoms. The molecule has 0 radical (unpaired) electrons. The molecule has 0 aliphatic carbocycles. The van der Waals surface area contributed by atoms with Gasteiger partial charge in [-0.05, 0) is 47.2 Å². The zero-order valence-corrected chi connectivity index (χ0v) is 14.3. The second-order valence-corrected chi connectivity index (χ2v) is 5.97. The Morgan fingerprint density at radius 2 is 2.08 bits per heavy atom. The van der Waals surface area contributed by atoms with E-state index in [0.29, 0.717) is 5.56 Å². The van der Waals surface area contributed by atoms with E-state index < -0.39 is 0 Å². The third kappa shape index (κ3) is 3.17. The smallest absolute Gasteiger partial charge is 0.0991 e. The highest BCUT2D eigenvalue weighted by atomic mass is 15.1. The number of likely N-dealkylation sites (N-methyl/N-ethyl adjacent to an activating group) is 1. The molecule has 1 aliphatic rings. The lowest BCUT2D eigenvalue weighted by Crippen LogP contribution is -2.22. The Bertz CT molecular complexity index is 902. The maximum absolute atomic E-state index is 9.21. The Hall–Kier alpha value is -3.32. The van der Waals surface area contributed by atoms with Gasteiger partial charge >= 0.3 is 0 Å². The highest BCUT2D eigenvalue weighted by Gasteiger charge is 2.23. The molecule has 0 saturated carbocycles. The van der Waals surface area contributed by atoms with E-state index in [-0.39, 0.29) is 6.04 Å². The zero-order valence-electron chi connectivity index (χ0n) is 14.3. The molecule has 2 aromatic carbocycles. The number of nitriles is 1. The van der Waals surface area contributed by atoms with Crippen LogP contribution in [0.1, 0.15) is 28.3 Å². The van der Waals surface area contributed by atoms with Crippen LogP contribution in [-0.2, 0) is 0 Å². The molecule has 1 aliphatic heterocycles. The van der Waals surface area contributed by atoms with Crippen molar-refractivity contribution >= 4 is 17.5 Å². The topological polar surface area (TPSA) is 62.9 Å². The van der Waals surface area contributed by atoms with Gasteiger partial charge in [0.25, 0.3) is 0 Å². The average molecular weight is 328 g/mol. The summed E-state index contributed by atoms with van der Waals surface area (Å²) in [7, 11) is 3.90. The normalized spacial score (nSPS) is 16.1. The molecule has 124 valence electrons. The summed E-state index contributed by atoms with van der Waals surface area (Å²) in [5, 5.41) is 19.9. The Balaban J connectivity index is 2.09. The van der Waals surface area contributed by atoms with Crippen LogP contribution < -0.4 is 5.32 Å². The summed E-state index contributed by atoms with van der Waals surface area (Å²) in [4.78, 5) is 2.15. The maximum Gasteiger partial charge on any atom is 0.0991 e. The first kappa shape index (κ1) is 16.5. The third-order valence-corrected chi connectivity index (χ3v) is 4.44. The highest BCUT2D eigenvalue weighted by Crippen LogP contribution is 2.38. The van der Waals surface area contributed by atoms with E-state index in [1.165, 1.54) is 6.21 Å². The van der Waals surface area contributed by atoms with Crippen molar-refractivity contribution in [2.75, 3.05) is 19.4 Å². The van der Waals surface area contributed by atoms with Gasteiger partial charge in [-0.15, -0.1) is 0 Å². The number of nitrogens with one attached hydrogen (secondary N) is 2. The van der Waals surface area contributed by atoms with Crippen LogP contribution >= 0.6 is 0 Å². The predicted octanol–water partition coefficient (Wildman–Crippen LogP) is 4.18. The number of rotatable bonds is 4. The lowest BCUT2D eigenvalue weighted by atomic mass is 9.89. The van der Waals surface area contributed by atoms with Crippen molar-refractivity contribution in [2.24, 2.45) is 0 Å². The van der Waals surface area contributed by atoms with Crippen molar-refractivity contribution in [3.05, 3.63) is 83.1 Å². The summed E-state index contributed by atoms with van der Waals surface area (Å²) in [5.41, 5.74) is 5.78. The molecule has 0 aromatic heterocycles. The lowest BCUT2D eigenvalue weighted by molar-refractivity contribution is 0.400. The van der Waals surface area contributed by atoms with Crippen molar-refractivity contribution < 1.29 is 0 Å². The van der Waals surface area contributed by atoms with Crippen molar-refractivity contribution in [1.29, 1.82) is 10.7 Å². The Morgan fingerprint density at radius 1 is 1.24 bits per heavy atom. The van der Waals surface area contributed by atoms with Crippen LogP contribution in [0, 0.1) is 16.7 Å². The zero-order chi connectivity index (χ0) is 17.8. The number of nitrogens with zero attached hydrogens (tertiary/aromatic N) is 2. The van der Waals surface area contributed by atoms with Crippen LogP contribution in [0.25, 0.3) is 5.57 Å². The summed E-state index contributed by atoms with van der Waals surface area (Å²) in [5.74, 6) is 0. The molecule has 0 fully saturated rings. The van der Waals surface area contributed by atoms with Gasteiger partial charge < -0.3 is 15.6 Å². The summed E-state index contributed by atoms with van der Waals surface area (Å²) < 4.78 is 0. The summed E-state index contributed by atoms with van der Waals surface area (Å²) in [6.45, 7) is 0. The van der Waals surface area contributed by atoms with Crippen LogP contribution in [0.3, 0.4) is 0 Å². The van der Waals surface area contributed by atoms with E-state index in [1.54, 1.807) is 0 Å². The van der Waals surface area contributed by atoms with E-state index in [1.807, 2.05) is 56.7 Å². The molecule has 3 rings (SSSR count). The molecule has 1 unspecified atom stereocenters. The van der Waals surface area contributed by atoms with Crippen molar-refractivity contribution in [3.63, 3.8) is 0 Å². The Morgan fingerprint density at radius 3 is 2.80 bits per heavy atom. The first-order chi connectivity index (χ1) is 12.2. The van der Waals surface area contributed by atoms with Crippen LogP contribution in [0.5, 0.6) is 0 Å². The molecule has 2 N–H and O–H groups in total. The van der Waals surface area contributed by atoms with Crippen LogP contribution in [0.4, 0.5) is 5.69 Å². The molecule has 1 atom stereocenters. The van der Waals surface area contributed by atoms with Crippen molar-refractivity contribution in [3.8, 4) is 6.07 Å². The molecular weight excluding hydrogens is 308 g/mol. The minimum Gasteiger partial charge on any atom is -0.388 e. The van der Waals surface area contributed by atoms with Gasteiger partial charge in [0, 0.05) is 31.6 Å². The lowest BCUT2D eigenvalue weighted by Gasteiger charge is -2.32. The van der Waals surface area contributed by atoms with Crippen molar-refractivity contribution in [2.45, 2.75) is 6.04 Å². The standard InChI is InChI=1S/C21H20N4/c1-24-20-12-16(8-9-18(20)14-23)19-7-4-10-25(2)21(19)17-6-3-5-15(11-17)13-22/h3-12,14,21,23-24H,1-2H3. The molecule has 2 aromatic rings. The van der Waals surface area contributed by atoms with Crippen LogP contribution in [0.2, 0.25) is 0 Å². The first-order valence-corrected chi connectivity index (χ1v) is 8.11. The molecule has 4 heteroatoms. The van der Waals surface area contributed by atoms with E-state index in [4.69, 9.17) is 5.41 Å². The molecule has 25 heavy (non-hydrogen) atoms. The van der Waals surface area contributed by atoms with E-state index in [0.717, 1.165) is 28.0 Å². The molecule has 0 saturated heterocycles. The van der Waals surface area contributed by atoms with Gasteiger partial charge in [-0.1, -0.05) is 30.3 Å². The second kappa shape index (κ2) is 7.06. The third-order valence-electron chi connectivity index (χ3n) is 4.44. The van der Waals surface area contributed by atoms with Crippen LogP contribution in [0.15, 0.2) is 60.8 Å². The molecule has 4 nitrogen and oxygen atoms in total. The number of benzene rings is 2. The van der Waals surface area contributed by atoms with E-state index in [9.17, 15) is 5.26 Å². The first-order valence-electron chi connectivity index (χ1n) is 8.11. The van der Waals surface area contributed by atoms with Crippen molar-refractivity contribution in [1.82, 2.24) is 4.90 Å². The van der Waals surface area contributed by atoms with Gasteiger partial charge in [-0.25, -0.2) is 0 Å². The fourth-order valence-electron chi connectivity index (χ4n) is 3.20. The fraction of sp³-hybridized carbons (Fsp3) is 0.143. The van der Waals surface area contributed by atoms with Gasteiger partial charge in [0.2, 0.25) is 0 Å². The minimum atomic E-state index is 0.0360. The van der Waals surface area contributed by atoms with E-state index >= 15 is 0 Å². The summed E-state index contributed by atoms with van der Waals surface area (Å²) in [6, 6.07) is 16.1. The largest absolute Gasteiger partial charge is 0.388 e. The predicted molar refractivity (Wildman–Crippen MR) is 103 cm³/mol. The Labute approximate surface area is 148 Å². The Kier molecular flexibility index (Phi) is 4.67. The fourth-order valence-corrected chi connectivity index (χ4v) is 3.20. The highest BCUT2D eigenvalue weighted by molar-refractivity contribution is 5.88. The van der Waals surface area contributed by atoms with Gasteiger partial charge in [-0.3, -0.25) is 0 Å². The SMILES string of the molecule is CNc1cc(C2=CC=CN(C)C2c2cccc(C#N)c2)ccc1C=N. The average Bonchev–Trinajstić information content (AvgIpc) is 2.67. The van der Waals surface area contributed by atoms with E-state index in [2.05, 4.69) is 34.5 Å². The van der Waals surface area contributed by atoms with Gasteiger partial charge in [-0.2, -0.15) is 5.26 Å². The number of hydrogen-bond donors (Lipinski definition) is 2. The van der Waals surface area contributed by atoms with Crippen LogP contribution in [-0.4, -0.2) is 25.2 Å². The van der Waals surface area contributed by atoms with Gasteiger partial charge in [0.15, 0.2) is 0 Å². The van der Waals surface area contributed by atoms with Gasteiger partial charge in [0.1, 0.15) is 0 Å². The second-order valence-electron chi connectivity index (χ2n) is 5.97. The molecular formula is C21H20N4. The summed E-state index contributed by atoms with van der Waals surface area (Å²) >= 11 is 0. The minimum absolute atomic E-state index is 0.0360. The quantitative estimate of drug-likeness (QED) is 0.828. The molecule has 0 amide bonds. The maximum atomic E-state index is 9.21. The number of hydrogen-bond acceptors (Lipinski definition) is 4. The summed E-state index contributed by atoms with van der Waals surface area (Å²) in [6.07, 6.45) is 7.54. The monoisotopic (exact) mass is 328 g/mol.